The predicted octanol–water partition coefficient (Wildman–Crippen LogP) is 2.34. The number of phenolic OH excluding ortho intramolecular Hbond substituents is 1. The summed E-state index contributed by atoms with van der Waals surface area (Å²) in [6, 6.07) is 5.62. The summed E-state index contributed by atoms with van der Waals surface area (Å²) >= 11 is 0. The minimum atomic E-state index is 0.284. The lowest BCUT2D eigenvalue weighted by atomic mass is 10.1. The molecule has 14 heavy (non-hydrogen) atoms. The molecule has 0 aliphatic heterocycles. The van der Waals surface area contributed by atoms with Crippen molar-refractivity contribution in [1.29, 1.82) is 0 Å². The van der Waals surface area contributed by atoms with Crippen LogP contribution in [0.4, 0.5) is 0 Å². The largest absolute Gasteiger partial charge is 0.507 e. The van der Waals surface area contributed by atoms with Gasteiger partial charge >= 0.3 is 0 Å². The van der Waals surface area contributed by atoms with Crippen LogP contribution in [0, 0.1) is 0 Å². The highest BCUT2D eigenvalue weighted by atomic mass is 16.3. The Balaban J connectivity index is 2.51. The number of nitrogens with zero attached hydrogens (tertiary/aromatic N) is 1. The molecule has 1 aromatic heterocycles. The van der Waals surface area contributed by atoms with Crippen LogP contribution < -0.4 is 0 Å². The van der Waals surface area contributed by atoms with Crippen molar-refractivity contribution in [2.75, 3.05) is 0 Å². The lowest BCUT2D eigenvalue weighted by Crippen LogP contribution is -1.84. The van der Waals surface area contributed by atoms with Crippen molar-refractivity contribution in [1.82, 2.24) is 9.97 Å². The van der Waals surface area contributed by atoms with Crippen LogP contribution in [-0.4, -0.2) is 15.1 Å². The van der Waals surface area contributed by atoms with Gasteiger partial charge in [0.1, 0.15) is 5.75 Å². The van der Waals surface area contributed by atoms with E-state index < -0.39 is 0 Å². The summed E-state index contributed by atoms with van der Waals surface area (Å²) in [5.41, 5.74) is 2.85. The van der Waals surface area contributed by atoms with Crippen molar-refractivity contribution in [2.24, 2.45) is 0 Å². The fourth-order valence-corrected chi connectivity index (χ4v) is 1.42. The average molecular weight is 188 g/mol. The second-order valence-electron chi connectivity index (χ2n) is 3.17. The Bertz CT molecular complexity index is 421. The number of nitrogens with one attached hydrogen (secondary N) is 1. The molecule has 2 N–H and O–H groups in total. The molecule has 1 heterocycles. The molecule has 2 rings (SSSR count). The van der Waals surface area contributed by atoms with E-state index in [9.17, 15) is 5.11 Å². The van der Waals surface area contributed by atoms with Crippen molar-refractivity contribution in [3.8, 4) is 17.0 Å². The number of rotatable bonds is 2. The number of hydrogen-bond donors (Lipinski definition) is 2. The van der Waals surface area contributed by atoms with Gasteiger partial charge in [-0.15, -0.1) is 0 Å². The number of aromatic nitrogens is 2. The van der Waals surface area contributed by atoms with E-state index in [0.29, 0.717) is 0 Å². The van der Waals surface area contributed by atoms with Gasteiger partial charge in [-0.3, -0.25) is 0 Å². The maximum absolute atomic E-state index is 9.65. The van der Waals surface area contributed by atoms with Gasteiger partial charge in [0.15, 0.2) is 0 Å². The summed E-state index contributed by atoms with van der Waals surface area (Å²) in [4.78, 5) is 6.90. The maximum atomic E-state index is 9.65. The molecule has 1 aromatic carbocycles. The fraction of sp³-hybridized carbons (Fsp3) is 0.182. The number of benzene rings is 1. The average Bonchev–Trinajstić information content (AvgIpc) is 2.71. The Morgan fingerprint density at radius 2 is 2.29 bits per heavy atom. The Kier molecular flexibility index (Phi) is 2.23. The molecule has 0 radical (unpaired) electrons. The molecule has 3 nitrogen and oxygen atoms in total. The normalized spacial score (nSPS) is 10.4. The van der Waals surface area contributed by atoms with Crippen LogP contribution in [0.5, 0.6) is 5.75 Å². The molecule has 0 saturated carbocycles. The standard InChI is InChI=1S/C11H12N2O/c1-2-8-3-4-11(14)9(5-8)10-6-12-7-13-10/h3-7,14H,2H2,1H3,(H,12,13). The summed E-state index contributed by atoms with van der Waals surface area (Å²) in [5, 5.41) is 9.65. The van der Waals surface area contributed by atoms with Crippen LogP contribution in [0.25, 0.3) is 11.3 Å². The molecule has 0 aliphatic carbocycles. The lowest BCUT2D eigenvalue weighted by Gasteiger charge is -2.04. The van der Waals surface area contributed by atoms with Crippen molar-refractivity contribution in [2.45, 2.75) is 13.3 Å². The van der Waals surface area contributed by atoms with Crippen molar-refractivity contribution < 1.29 is 5.11 Å². The number of H-pyrrole nitrogens is 1. The van der Waals surface area contributed by atoms with E-state index >= 15 is 0 Å². The number of hydrogen-bond acceptors (Lipinski definition) is 2. The third-order valence-corrected chi connectivity index (χ3v) is 2.26. The first-order chi connectivity index (χ1) is 6.81. The monoisotopic (exact) mass is 188 g/mol. The van der Waals surface area contributed by atoms with E-state index in [1.54, 1.807) is 18.6 Å². The summed E-state index contributed by atoms with van der Waals surface area (Å²) in [6.45, 7) is 2.09. The topological polar surface area (TPSA) is 48.9 Å². The van der Waals surface area contributed by atoms with E-state index in [2.05, 4.69) is 16.9 Å². The van der Waals surface area contributed by atoms with Crippen molar-refractivity contribution >= 4 is 0 Å². The van der Waals surface area contributed by atoms with Crippen molar-refractivity contribution in [3.63, 3.8) is 0 Å². The predicted molar refractivity (Wildman–Crippen MR) is 55.1 cm³/mol. The molecule has 2 aromatic rings. The molecule has 0 unspecified atom stereocenters. The van der Waals surface area contributed by atoms with Gasteiger partial charge in [0.05, 0.1) is 18.2 Å². The number of aryl methyl sites for hydroxylation is 1. The van der Waals surface area contributed by atoms with Crippen LogP contribution in [0.15, 0.2) is 30.7 Å². The van der Waals surface area contributed by atoms with E-state index in [0.717, 1.165) is 17.7 Å². The SMILES string of the molecule is CCc1ccc(O)c(-c2cnc[nH]2)c1. The molecule has 0 saturated heterocycles. The van der Waals surface area contributed by atoms with Crippen LogP contribution in [0.1, 0.15) is 12.5 Å². The molecule has 72 valence electrons. The molecule has 0 aliphatic rings. The van der Waals surface area contributed by atoms with E-state index in [4.69, 9.17) is 0 Å². The molecule has 0 spiro atoms. The third-order valence-electron chi connectivity index (χ3n) is 2.26. The van der Waals surface area contributed by atoms with Gasteiger partial charge < -0.3 is 10.1 Å². The second kappa shape index (κ2) is 3.54. The highest BCUT2D eigenvalue weighted by Gasteiger charge is 2.05. The first kappa shape index (κ1) is 8.81. The maximum Gasteiger partial charge on any atom is 0.124 e. The molecule has 0 bridgehead atoms. The molecule has 0 atom stereocenters. The zero-order valence-corrected chi connectivity index (χ0v) is 7.99. The van der Waals surface area contributed by atoms with Crippen molar-refractivity contribution in [3.05, 3.63) is 36.3 Å². The zero-order valence-electron chi connectivity index (χ0n) is 7.99. The van der Waals surface area contributed by atoms with Gasteiger partial charge in [-0.25, -0.2) is 4.98 Å². The Hall–Kier alpha value is -1.77. The van der Waals surface area contributed by atoms with Gasteiger partial charge in [0.25, 0.3) is 0 Å². The van der Waals surface area contributed by atoms with E-state index in [1.807, 2.05) is 12.1 Å². The van der Waals surface area contributed by atoms with Gasteiger partial charge in [-0.1, -0.05) is 13.0 Å². The minimum Gasteiger partial charge on any atom is -0.507 e. The molecule has 3 heteroatoms. The highest BCUT2D eigenvalue weighted by Crippen LogP contribution is 2.28. The molecular weight excluding hydrogens is 176 g/mol. The van der Waals surface area contributed by atoms with Gasteiger partial charge in [-0.05, 0) is 24.1 Å². The quantitative estimate of drug-likeness (QED) is 0.760. The smallest absolute Gasteiger partial charge is 0.124 e. The second-order valence-corrected chi connectivity index (χ2v) is 3.17. The Morgan fingerprint density at radius 3 is 2.93 bits per heavy atom. The Morgan fingerprint density at radius 1 is 1.43 bits per heavy atom. The summed E-state index contributed by atoms with van der Waals surface area (Å²) < 4.78 is 0. The van der Waals surface area contributed by atoms with Gasteiger partial charge in [-0.2, -0.15) is 0 Å². The number of imidazole rings is 1. The lowest BCUT2D eigenvalue weighted by molar-refractivity contribution is 0.477. The minimum absolute atomic E-state index is 0.284. The summed E-state index contributed by atoms with van der Waals surface area (Å²) in [7, 11) is 0. The van der Waals surface area contributed by atoms with E-state index in [-0.39, 0.29) is 5.75 Å². The zero-order chi connectivity index (χ0) is 9.97. The van der Waals surface area contributed by atoms with Crippen LogP contribution in [-0.2, 0) is 6.42 Å². The summed E-state index contributed by atoms with van der Waals surface area (Å²) in [6.07, 6.45) is 4.27. The van der Waals surface area contributed by atoms with Crippen LogP contribution in [0.2, 0.25) is 0 Å². The van der Waals surface area contributed by atoms with E-state index in [1.165, 1.54) is 5.56 Å². The molecule has 0 fully saturated rings. The number of aromatic amines is 1. The van der Waals surface area contributed by atoms with Gasteiger partial charge in [0.2, 0.25) is 0 Å². The van der Waals surface area contributed by atoms with Gasteiger partial charge in [0, 0.05) is 5.56 Å². The Labute approximate surface area is 82.4 Å². The molecular formula is C11H12N2O. The first-order valence-electron chi connectivity index (χ1n) is 4.62. The third kappa shape index (κ3) is 1.48. The highest BCUT2D eigenvalue weighted by molar-refractivity contribution is 5.66. The molecule has 0 amide bonds. The number of phenols is 1. The van der Waals surface area contributed by atoms with Crippen LogP contribution in [0.3, 0.4) is 0 Å². The van der Waals surface area contributed by atoms with Crippen LogP contribution >= 0.6 is 0 Å². The fourth-order valence-electron chi connectivity index (χ4n) is 1.42. The number of aromatic hydroxyl groups is 1. The first-order valence-corrected chi connectivity index (χ1v) is 4.62. The summed E-state index contributed by atoms with van der Waals surface area (Å²) in [5.74, 6) is 0.284.